The number of esters is 1. The monoisotopic (exact) mass is 474 g/mol. The summed E-state index contributed by atoms with van der Waals surface area (Å²) in [7, 11) is 0. The number of anilines is 1. The lowest BCUT2D eigenvalue weighted by atomic mass is 10.0. The van der Waals surface area contributed by atoms with Gasteiger partial charge in [0, 0.05) is 21.1 Å². The molecule has 0 aliphatic rings. The van der Waals surface area contributed by atoms with Gasteiger partial charge in [0.25, 0.3) is 5.91 Å². The number of fused-ring (bicyclic) bond motifs is 1. The fourth-order valence-corrected chi connectivity index (χ4v) is 3.48. The van der Waals surface area contributed by atoms with Crippen LogP contribution in [-0.2, 0) is 9.53 Å². The summed E-state index contributed by atoms with van der Waals surface area (Å²) in [4.78, 5) is 29.8. The quantitative estimate of drug-likeness (QED) is 0.373. The van der Waals surface area contributed by atoms with Gasteiger partial charge in [0.2, 0.25) is 0 Å². The van der Waals surface area contributed by atoms with Gasteiger partial charge >= 0.3 is 5.97 Å². The Bertz CT molecular complexity index is 1270. The zero-order valence-electron chi connectivity index (χ0n) is 16.8. The second-order valence-electron chi connectivity index (χ2n) is 7.03. The highest BCUT2D eigenvalue weighted by atomic mass is 79.9. The first kappa shape index (κ1) is 20.8. The number of carbonyl (C=O) groups excluding carboxylic acids is 2. The maximum absolute atomic E-state index is 12.9. The van der Waals surface area contributed by atoms with Gasteiger partial charge in [0.15, 0.2) is 6.61 Å². The molecule has 4 aromatic rings. The molecule has 0 unspecified atom stereocenters. The number of hydrogen-bond donors (Lipinski definition) is 1. The molecule has 1 amide bonds. The third kappa shape index (κ3) is 4.81. The van der Waals surface area contributed by atoms with Crippen LogP contribution in [0.1, 0.15) is 15.9 Å². The van der Waals surface area contributed by atoms with Crippen LogP contribution in [0.2, 0.25) is 0 Å². The molecule has 6 heteroatoms. The Balaban J connectivity index is 1.54. The maximum Gasteiger partial charge on any atom is 0.339 e. The Morgan fingerprint density at radius 3 is 2.48 bits per heavy atom. The van der Waals surface area contributed by atoms with Gasteiger partial charge in [0.1, 0.15) is 0 Å². The molecule has 4 rings (SSSR count). The molecular formula is C25H19BrN2O3. The van der Waals surface area contributed by atoms with Crippen molar-refractivity contribution in [3.63, 3.8) is 0 Å². The smallest absolute Gasteiger partial charge is 0.339 e. The molecular weight excluding hydrogens is 456 g/mol. The molecule has 154 valence electrons. The Hall–Kier alpha value is -3.51. The summed E-state index contributed by atoms with van der Waals surface area (Å²) in [5.74, 6) is -0.977. The van der Waals surface area contributed by atoms with Crippen molar-refractivity contribution >= 4 is 44.4 Å². The number of nitrogens with one attached hydrogen (secondary N) is 1. The molecule has 0 bridgehead atoms. The van der Waals surface area contributed by atoms with Gasteiger partial charge in [-0.3, -0.25) is 4.79 Å². The van der Waals surface area contributed by atoms with E-state index in [-0.39, 0.29) is 6.61 Å². The first-order chi connectivity index (χ1) is 15.0. The second kappa shape index (κ2) is 9.10. The van der Waals surface area contributed by atoms with Gasteiger partial charge in [-0.25, -0.2) is 9.78 Å². The van der Waals surface area contributed by atoms with Crippen LogP contribution >= 0.6 is 15.9 Å². The highest BCUT2D eigenvalue weighted by molar-refractivity contribution is 9.10. The minimum absolute atomic E-state index is 0.372. The average molecular weight is 475 g/mol. The van der Waals surface area contributed by atoms with Crippen LogP contribution in [0, 0.1) is 6.92 Å². The number of aromatic nitrogens is 1. The third-order valence-corrected chi connectivity index (χ3v) is 5.67. The summed E-state index contributed by atoms with van der Waals surface area (Å²) in [6.45, 7) is 1.55. The van der Waals surface area contributed by atoms with E-state index in [9.17, 15) is 9.59 Å². The van der Waals surface area contributed by atoms with Gasteiger partial charge in [-0.2, -0.15) is 0 Å². The van der Waals surface area contributed by atoms with Crippen LogP contribution in [0.15, 0.2) is 83.3 Å². The Morgan fingerprint density at radius 1 is 0.968 bits per heavy atom. The molecule has 31 heavy (non-hydrogen) atoms. The number of ether oxygens (including phenoxy) is 1. The van der Waals surface area contributed by atoms with E-state index in [0.717, 1.165) is 15.6 Å². The maximum atomic E-state index is 12.9. The van der Waals surface area contributed by atoms with E-state index in [1.165, 1.54) is 0 Å². The largest absolute Gasteiger partial charge is 0.452 e. The Morgan fingerprint density at radius 2 is 1.71 bits per heavy atom. The number of pyridine rings is 1. The fourth-order valence-electron chi connectivity index (χ4n) is 3.23. The van der Waals surface area contributed by atoms with E-state index in [1.807, 2.05) is 73.7 Å². The van der Waals surface area contributed by atoms with Crippen molar-refractivity contribution < 1.29 is 14.3 Å². The van der Waals surface area contributed by atoms with Crippen molar-refractivity contribution in [1.82, 2.24) is 4.98 Å². The van der Waals surface area contributed by atoms with E-state index in [2.05, 4.69) is 26.2 Å². The fraction of sp³-hybridized carbons (Fsp3) is 0.0800. The average Bonchev–Trinajstić information content (AvgIpc) is 2.79. The lowest BCUT2D eigenvalue weighted by molar-refractivity contribution is -0.119. The first-order valence-electron chi connectivity index (χ1n) is 9.69. The Labute approximate surface area is 188 Å². The predicted molar refractivity (Wildman–Crippen MR) is 125 cm³/mol. The van der Waals surface area contributed by atoms with E-state index >= 15 is 0 Å². The zero-order chi connectivity index (χ0) is 21.8. The van der Waals surface area contributed by atoms with Crippen molar-refractivity contribution in [2.45, 2.75) is 6.92 Å². The molecule has 1 aromatic heterocycles. The van der Waals surface area contributed by atoms with Crippen LogP contribution in [0.4, 0.5) is 5.69 Å². The van der Waals surface area contributed by atoms with Crippen LogP contribution < -0.4 is 5.32 Å². The lowest BCUT2D eigenvalue weighted by Crippen LogP contribution is -2.21. The molecule has 0 atom stereocenters. The molecule has 0 radical (unpaired) electrons. The SMILES string of the molecule is Cc1cc(NC(=O)COC(=O)c2cc(-c3ccccc3)nc3ccccc23)ccc1Br. The van der Waals surface area contributed by atoms with E-state index in [4.69, 9.17) is 4.74 Å². The van der Waals surface area contributed by atoms with E-state index in [1.54, 1.807) is 12.1 Å². The second-order valence-corrected chi connectivity index (χ2v) is 7.88. The number of carbonyl (C=O) groups is 2. The molecule has 0 saturated heterocycles. The highest BCUT2D eigenvalue weighted by Gasteiger charge is 2.16. The molecule has 0 saturated carbocycles. The molecule has 1 N–H and O–H groups in total. The number of para-hydroxylation sites is 1. The third-order valence-electron chi connectivity index (χ3n) is 4.78. The van der Waals surface area contributed by atoms with Crippen molar-refractivity contribution in [3.05, 3.63) is 94.5 Å². The van der Waals surface area contributed by atoms with Gasteiger partial charge in [0.05, 0.1) is 16.8 Å². The van der Waals surface area contributed by atoms with Crippen molar-refractivity contribution in [1.29, 1.82) is 0 Å². The van der Waals surface area contributed by atoms with Gasteiger partial charge in [-0.05, 0) is 42.8 Å². The number of hydrogen-bond acceptors (Lipinski definition) is 4. The molecule has 0 aliphatic heterocycles. The number of benzene rings is 3. The van der Waals surface area contributed by atoms with Crippen molar-refractivity contribution in [2.75, 3.05) is 11.9 Å². The summed E-state index contributed by atoms with van der Waals surface area (Å²) in [5, 5.41) is 3.42. The lowest BCUT2D eigenvalue weighted by Gasteiger charge is -2.11. The van der Waals surface area contributed by atoms with Gasteiger partial charge in [-0.1, -0.05) is 64.5 Å². The number of nitrogens with zero attached hydrogens (tertiary/aromatic N) is 1. The standard InChI is InChI=1S/C25H19BrN2O3/c1-16-13-18(11-12-21(16)26)27-24(29)15-31-25(30)20-14-23(17-7-3-2-4-8-17)28-22-10-6-5-9-19(20)22/h2-14H,15H2,1H3,(H,27,29). The minimum atomic E-state index is -0.571. The van der Waals surface area contributed by atoms with Crippen molar-refractivity contribution in [3.8, 4) is 11.3 Å². The normalized spacial score (nSPS) is 10.6. The van der Waals surface area contributed by atoms with E-state index < -0.39 is 11.9 Å². The van der Waals surface area contributed by atoms with Gasteiger partial charge in [-0.15, -0.1) is 0 Å². The first-order valence-corrected chi connectivity index (χ1v) is 10.5. The van der Waals surface area contributed by atoms with E-state index in [0.29, 0.717) is 27.8 Å². The summed E-state index contributed by atoms with van der Waals surface area (Å²) < 4.78 is 6.28. The molecule has 0 spiro atoms. The zero-order valence-corrected chi connectivity index (χ0v) is 18.3. The summed E-state index contributed by atoms with van der Waals surface area (Å²) in [6.07, 6.45) is 0. The Kier molecular flexibility index (Phi) is 6.09. The predicted octanol–water partition coefficient (Wildman–Crippen LogP) is 5.77. The molecule has 0 fully saturated rings. The van der Waals surface area contributed by atoms with Crippen LogP contribution in [0.5, 0.6) is 0 Å². The summed E-state index contributed by atoms with van der Waals surface area (Å²) >= 11 is 3.43. The highest BCUT2D eigenvalue weighted by Crippen LogP contribution is 2.25. The number of rotatable bonds is 5. The molecule has 1 heterocycles. The molecule has 0 aliphatic carbocycles. The van der Waals surface area contributed by atoms with Crippen LogP contribution in [0.25, 0.3) is 22.2 Å². The number of aryl methyl sites for hydroxylation is 1. The minimum Gasteiger partial charge on any atom is -0.452 e. The molecule has 5 nitrogen and oxygen atoms in total. The summed E-state index contributed by atoms with van der Waals surface area (Å²) in [5.41, 5.74) is 4.25. The number of amides is 1. The van der Waals surface area contributed by atoms with Crippen LogP contribution in [-0.4, -0.2) is 23.5 Å². The summed E-state index contributed by atoms with van der Waals surface area (Å²) in [6, 6.07) is 24.2. The van der Waals surface area contributed by atoms with Gasteiger partial charge < -0.3 is 10.1 Å². The van der Waals surface area contributed by atoms with Crippen molar-refractivity contribution in [2.24, 2.45) is 0 Å². The molecule has 3 aromatic carbocycles. The van der Waals surface area contributed by atoms with Crippen LogP contribution in [0.3, 0.4) is 0 Å². The number of halogens is 1. The topological polar surface area (TPSA) is 68.3 Å².